The lowest BCUT2D eigenvalue weighted by Gasteiger charge is -2.26. The van der Waals surface area contributed by atoms with Crippen molar-refractivity contribution in [2.24, 2.45) is 27.3 Å². The Hall–Kier alpha value is -9.56. The first kappa shape index (κ1) is 102. The molecule has 49 heteroatoms. The predicted octanol–water partition coefficient (Wildman–Crippen LogP) is -9.90. The molecule has 0 aromatic heterocycles. The van der Waals surface area contributed by atoms with Crippen molar-refractivity contribution < 1.29 is 101 Å². The summed E-state index contributed by atoms with van der Waals surface area (Å²) in [5.74, 6) is -17.1. The quantitative estimate of drug-likeness (QED) is 0.00719. The van der Waals surface area contributed by atoms with Gasteiger partial charge in [0.1, 0.15) is 79.1 Å². The summed E-state index contributed by atoms with van der Waals surface area (Å²) in [4.78, 5) is 243. The second-order valence-corrected chi connectivity index (χ2v) is 27.7. The molecule has 2 rings (SSSR count). The molecule has 0 unspecified atom stereocenters. The topological polar surface area (TPSA) is 653 Å². The van der Waals surface area contributed by atoms with Crippen molar-refractivity contribution in [2.75, 3.05) is 93.5 Å². The molecule has 115 heavy (non-hydrogen) atoms. The first-order valence-electron chi connectivity index (χ1n) is 36.1. The number of ether oxygens (including phenoxy) is 1. The summed E-state index contributed by atoms with van der Waals surface area (Å²) in [7, 11) is 0. The number of guanidine groups is 1. The van der Waals surface area contributed by atoms with E-state index < -0.39 is 224 Å². The number of nitrogens with zero attached hydrogens (tertiary/aromatic N) is 2. The highest BCUT2D eigenvalue weighted by molar-refractivity contribution is 7.81. The van der Waals surface area contributed by atoms with E-state index in [1.807, 2.05) is 0 Å². The van der Waals surface area contributed by atoms with Crippen molar-refractivity contribution in [2.45, 2.75) is 157 Å². The fraction of sp³-hybridized carbons (Fsp3) is 0.606. The number of oxime groups is 1. The molecule has 24 N–H and O–H groups in total. The third kappa shape index (κ3) is 41.5. The highest BCUT2D eigenvalue weighted by atomic mass is 32.1. The Balaban J connectivity index is 1.79. The summed E-state index contributed by atoms with van der Waals surface area (Å²) in [5, 5.41) is 55.3. The molecule has 1 aliphatic rings. The van der Waals surface area contributed by atoms with Crippen LogP contribution in [0.2, 0.25) is 0 Å². The van der Waals surface area contributed by atoms with Crippen LogP contribution in [0, 0.1) is 0 Å². The van der Waals surface area contributed by atoms with Crippen LogP contribution in [0.3, 0.4) is 0 Å². The minimum Gasteiger partial charge on any atom is -0.481 e. The minimum atomic E-state index is -1.65. The normalized spacial score (nSPS) is 17.5. The maximum atomic E-state index is 14.1. The Morgan fingerprint density at radius 2 is 0.965 bits per heavy atom. The van der Waals surface area contributed by atoms with Crippen molar-refractivity contribution >= 4 is 194 Å². The molecule has 1 saturated heterocycles. The number of benzene rings is 1. The standard InChI is InChI=1S/C66H106N22O21S6/c1-34(78-63(105)45(31-113)88-55(97)36(3)79-64(106)46(32-114)87-54(96)35(2)77-62(104)44(30-112)81-49(90)24-73-56(98)38(67)28-110)53(95)86-43(29-111)58(100)75-26-50(91)82-47(33-115)65(107)108-21-20-76-109-27-51(92)71-18-10-9-17-70-16-8-7-14-40-60(102)85-42(23-52(93)94)57(99)74-25-48(89)80-39(15-11-19-72-66(68)69)59(101)84-41(61(103)83-40)22-37-12-5-4-6-13-37/h4-6,12-13,20,34-36,38-47,70,110-115H,7-11,14-19,21-33,67H2,1-3H3,(H,71,92)(H,73,98)(H,74,99)(H,75,100)(H,77,104)(H,78,105)(H,79,106)(H,80,89)(H,81,90)(H,82,91)(H,83,103)(H,84,101)(H,85,102)(H,86,95)(H,87,96)(H,88,97)(H,93,94)(H4,68,69,72)/b76-20+/t34-,35-,36-,38-,39-,40-,41-,42-,43-,44-,45-,46-,47-/m0/s1. The Kier molecular flexibility index (Phi) is 50.0. The van der Waals surface area contributed by atoms with Crippen molar-refractivity contribution in [3.05, 3.63) is 35.9 Å². The highest BCUT2D eigenvalue weighted by Gasteiger charge is 2.36. The van der Waals surface area contributed by atoms with Crippen molar-refractivity contribution in [3.8, 4) is 0 Å². The minimum absolute atomic E-state index is 0.0130. The van der Waals surface area contributed by atoms with E-state index in [-0.39, 0.29) is 79.2 Å². The maximum Gasteiger partial charge on any atom is 0.329 e. The van der Waals surface area contributed by atoms with E-state index in [0.717, 1.165) is 6.21 Å². The van der Waals surface area contributed by atoms with E-state index in [1.54, 1.807) is 30.3 Å². The molecule has 0 bridgehead atoms. The van der Waals surface area contributed by atoms with Crippen molar-refractivity contribution in [1.82, 2.24) is 90.4 Å². The summed E-state index contributed by atoms with van der Waals surface area (Å²) < 4.78 is 5.09. The molecule has 1 aromatic rings. The first-order chi connectivity index (χ1) is 54.6. The van der Waals surface area contributed by atoms with Crippen LogP contribution >= 0.6 is 75.8 Å². The summed E-state index contributed by atoms with van der Waals surface area (Å²) >= 11 is 24.4. The number of aliphatic carboxylic acids is 1. The van der Waals surface area contributed by atoms with Gasteiger partial charge in [-0.2, -0.15) is 75.8 Å². The lowest BCUT2D eigenvalue weighted by atomic mass is 10.0. The fourth-order valence-electron chi connectivity index (χ4n) is 9.76. The summed E-state index contributed by atoms with van der Waals surface area (Å²) in [6, 6.07) is -8.39. The number of carboxylic acids is 1. The monoisotopic (exact) mass is 1730 g/mol. The van der Waals surface area contributed by atoms with Crippen LogP contribution in [0.5, 0.6) is 0 Å². The molecule has 0 spiro atoms. The number of hydrogen-bond acceptors (Lipinski definition) is 30. The number of carboxylic acid groups (broad SMARTS) is 1. The van der Waals surface area contributed by atoms with Crippen LogP contribution in [0.25, 0.3) is 0 Å². The van der Waals surface area contributed by atoms with Gasteiger partial charge < -0.3 is 122 Å². The number of esters is 1. The van der Waals surface area contributed by atoms with Crippen LogP contribution < -0.4 is 108 Å². The van der Waals surface area contributed by atoms with E-state index >= 15 is 0 Å². The van der Waals surface area contributed by atoms with Crippen LogP contribution in [0.4, 0.5) is 0 Å². The van der Waals surface area contributed by atoms with Gasteiger partial charge in [0.25, 0.3) is 5.91 Å². The number of aliphatic imine (C=N–C) groups is 1. The molecule has 16 amide bonds. The van der Waals surface area contributed by atoms with E-state index in [9.17, 15) is 91.4 Å². The zero-order valence-corrected chi connectivity index (χ0v) is 68.7. The molecule has 43 nitrogen and oxygen atoms in total. The average molecular weight is 1740 g/mol. The Morgan fingerprint density at radius 3 is 1.48 bits per heavy atom. The Bertz CT molecular complexity index is 3520. The van der Waals surface area contributed by atoms with E-state index in [1.165, 1.54) is 20.8 Å². The van der Waals surface area contributed by atoms with Gasteiger partial charge >= 0.3 is 11.9 Å². The average Bonchev–Trinajstić information content (AvgIpc) is 1.80. The van der Waals surface area contributed by atoms with Gasteiger partial charge in [-0.05, 0) is 84.4 Å². The molecule has 1 heterocycles. The molecular formula is C66H106N22O21S6. The lowest BCUT2D eigenvalue weighted by Crippen LogP contribution is -2.60. The number of hydrogen-bond donors (Lipinski definition) is 27. The lowest BCUT2D eigenvalue weighted by molar-refractivity contribution is -0.145. The van der Waals surface area contributed by atoms with Crippen LogP contribution in [0.15, 0.2) is 40.5 Å². The number of carbonyl (C=O) groups excluding carboxylic acids is 17. The molecule has 1 aromatic carbocycles. The molecule has 642 valence electrons. The number of unbranched alkanes of at least 4 members (excludes halogenated alkanes) is 2. The molecule has 13 atom stereocenters. The van der Waals surface area contributed by atoms with Gasteiger partial charge in [-0.3, -0.25) is 86.5 Å². The third-order valence-electron chi connectivity index (χ3n) is 16.1. The number of rotatable bonds is 50. The van der Waals surface area contributed by atoms with Crippen LogP contribution in [0.1, 0.15) is 77.7 Å². The van der Waals surface area contributed by atoms with E-state index in [4.69, 9.17) is 26.8 Å². The van der Waals surface area contributed by atoms with Gasteiger partial charge in [0.15, 0.2) is 12.6 Å². The number of carbonyl (C=O) groups is 18. The van der Waals surface area contributed by atoms with Gasteiger partial charge in [0.2, 0.25) is 88.6 Å². The molecule has 1 aliphatic heterocycles. The van der Waals surface area contributed by atoms with Gasteiger partial charge in [0.05, 0.1) is 38.3 Å². The van der Waals surface area contributed by atoms with Gasteiger partial charge in [0, 0.05) is 54.0 Å². The first-order valence-corrected chi connectivity index (χ1v) is 39.9. The van der Waals surface area contributed by atoms with Crippen molar-refractivity contribution in [3.63, 3.8) is 0 Å². The number of amides is 16. The predicted molar refractivity (Wildman–Crippen MR) is 437 cm³/mol. The Labute approximate surface area is 695 Å². The Morgan fingerprint density at radius 1 is 0.513 bits per heavy atom. The van der Waals surface area contributed by atoms with Gasteiger partial charge in [-0.15, -0.1) is 0 Å². The highest BCUT2D eigenvalue weighted by Crippen LogP contribution is 2.11. The largest absolute Gasteiger partial charge is 0.481 e. The molecule has 0 radical (unpaired) electrons. The molecule has 1 fully saturated rings. The molecule has 0 aliphatic carbocycles. The molecular weight excluding hydrogens is 1630 g/mol. The second-order valence-electron chi connectivity index (χ2n) is 25.5. The third-order valence-corrected chi connectivity index (χ3v) is 18.4. The number of nitrogens with two attached hydrogens (primary N) is 3. The smallest absolute Gasteiger partial charge is 0.329 e. The molecule has 0 saturated carbocycles. The zero-order chi connectivity index (χ0) is 86.1. The summed E-state index contributed by atoms with van der Waals surface area (Å²) in [5.41, 5.74) is 17.1. The van der Waals surface area contributed by atoms with E-state index in [2.05, 4.69) is 176 Å². The number of nitrogens with one attached hydrogen (secondary N) is 17. The SMILES string of the molecule is C[C@H](NC(=O)[C@H](CS)NC(=O)CNC(=O)[C@@H](N)CS)C(=O)N[C@@H](CS)C(=O)N[C@@H](C)C(=O)N[C@@H](CS)C(=O)N[C@@H](C)C(=O)N[C@@H](CS)C(=O)NCC(=O)N[C@@H](CS)C(=O)OC/C=N/OCC(=O)NCCCCNCCCC[C@@H]1NC(=O)[C@H](Cc2ccccc2)NC(=O)[C@H](CCCN=C(N)N)NC(=O)CNC(=O)[C@H](CC(=O)O)NC1=O. The van der Waals surface area contributed by atoms with Gasteiger partial charge in [-0.1, -0.05) is 35.5 Å². The van der Waals surface area contributed by atoms with Crippen molar-refractivity contribution in [1.29, 1.82) is 0 Å². The second kappa shape index (κ2) is 56.7. The maximum absolute atomic E-state index is 14.1. The zero-order valence-electron chi connectivity index (χ0n) is 63.4. The number of thiol groups is 6. The van der Waals surface area contributed by atoms with Gasteiger partial charge in [-0.25, -0.2) is 4.79 Å². The summed E-state index contributed by atoms with van der Waals surface area (Å²) in [6.45, 7) is 2.29. The fourth-order valence-corrected chi connectivity index (χ4v) is 11.2. The summed E-state index contributed by atoms with van der Waals surface area (Å²) in [6.07, 6.45) is 2.39. The van der Waals surface area contributed by atoms with E-state index in [0.29, 0.717) is 44.3 Å². The van der Waals surface area contributed by atoms with Crippen LogP contribution in [-0.2, 0) is 102 Å². The van der Waals surface area contributed by atoms with Crippen LogP contribution in [-0.4, -0.2) is 296 Å².